The van der Waals surface area contributed by atoms with Crippen LogP contribution >= 0.6 is 0 Å². The Hall–Kier alpha value is -1.52. The van der Waals surface area contributed by atoms with Gasteiger partial charge in [-0.15, -0.1) is 0 Å². The topological polar surface area (TPSA) is 70.0 Å². The van der Waals surface area contributed by atoms with Gasteiger partial charge < -0.3 is 5.73 Å². The second-order valence-corrected chi connectivity index (χ2v) is 4.12. The minimum absolute atomic E-state index is 0.0527. The Labute approximate surface area is 88.1 Å². The SMILES string of the molecule is CC(C)n1c(N)cc(=O)n(C(C)C)c1=O. The lowest BCUT2D eigenvalue weighted by Gasteiger charge is -2.17. The minimum Gasteiger partial charge on any atom is -0.385 e. The van der Waals surface area contributed by atoms with Crippen LogP contribution in [0.4, 0.5) is 5.82 Å². The van der Waals surface area contributed by atoms with Gasteiger partial charge in [-0.05, 0) is 27.7 Å². The number of hydrogen-bond acceptors (Lipinski definition) is 3. The second-order valence-electron chi connectivity index (χ2n) is 4.12. The standard InChI is InChI=1S/C10H17N3O2/c1-6(2)12-8(11)5-9(14)13(7(3)4)10(12)15/h5-7H,11H2,1-4H3. The molecule has 5 heteroatoms. The highest BCUT2D eigenvalue weighted by molar-refractivity contribution is 5.27. The first-order chi connectivity index (χ1) is 6.86. The van der Waals surface area contributed by atoms with Gasteiger partial charge in [-0.1, -0.05) is 0 Å². The highest BCUT2D eigenvalue weighted by Crippen LogP contribution is 2.06. The van der Waals surface area contributed by atoms with Crippen molar-refractivity contribution in [1.29, 1.82) is 0 Å². The van der Waals surface area contributed by atoms with E-state index in [9.17, 15) is 9.59 Å². The zero-order valence-electron chi connectivity index (χ0n) is 9.52. The maximum absolute atomic E-state index is 11.9. The summed E-state index contributed by atoms with van der Waals surface area (Å²) in [6.07, 6.45) is 0. The number of nitrogens with two attached hydrogens (primary N) is 1. The summed E-state index contributed by atoms with van der Waals surface area (Å²) in [4.78, 5) is 23.5. The monoisotopic (exact) mass is 211 g/mol. The Bertz CT molecular complexity index is 469. The number of aromatic nitrogens is 2. The molecule has 0 amide bonds. The largest absolute Gasteiger partial charge is 0.385 e. The van der Waals surface area contributed by atoms with Crippen molar-refractivity contribution in [3.8, 4) is 0 Å². The average Bonchev–Trinajstić information content (AvgIpc) is 1.99. The van der Waals surface area contributed by atoms with Crippen molar-refractivity contribution in [2.45, 2.75) is 39.8 Å². The summed E-state index contributed by atoms with van der Waals surface area (Å²) < 4.78 is 2.62. The molecule has 5 nitrogen and oxygen atoms in total. The Kier molecular flexibility index (Phi) is 3.02. The van der Waals surface area contributed by atoms with Crippen LogP contribution in [0.15, 0.2) is 15.7 Å². The number of anilines is 1. The van der Waals surface area contributed by atoms with Gasteiger partial charge >= 0.3 is 5.69 Å². The van der Waals surface area contributed by atoms with Crippen molar-refractivity contribution in [2.75, 3.05) is 5.73 Å². The van der Waals surface area contributed by atoms with Crippen LogP contribution in [0.2, 0.25) is 0 Å². The maximum atomic E-state index is 11.9. The summed E-state index contributed by atoms with van der Waals surface area (Å²) >= 11 is 0. The van der Waals surface area contributed by atoms with E-state index in [1.54, 1.807) is 13.8 Å². The van der Waals surface area contributed by atoms with E-state index >= 15 is 0 Å². The molecule has 1 aromatic heterocycles. The summed E-state index contributed by atoms with van der Waals surface area (Å²) in [6.45, 7) is 7.30. The van der Waals surface area contributed by atoms with Crippen LogP contribution in [-0.2, 0) is 0 Å². The van der Waals surface area contributed by atoms with Crippen molar-refractivity contribution in [3.05, 3.63) is 26.9 Å². The number of nitrogens with zero attached hydrogens (tertiary/aromatic N) is 2. The molecule has 15 heavy (non-hydrogen) atoms. The Morgan fingerprint density at radius 2 is 1.53 bits per heavy atom. The molecule has 0 saturated carbocycles. The molecule has 0 spiro atoms. The highest BCUT2D eigenvalue weighted by Gasteiger charge is 2.13. The number of hydrogen-bond donors (Lipinski definition) is 1. The van der Waals surface area contributed by atoms with Crippen LogP contribution in [-0.4, -0.2) is 9.13 Å². The number of rotatable bonds is 2. The maximum Gasteiger partial charge on any atom is 0.333 e. The predicted octanol–water partition coefficient (Wildman–Crippen LogP) is 0.754. The molecule has 0 saturated heterocycles. The lowest BCUT2D eigenvalue weighted by atomic mass is 10.3. The second kappa shape index (κ2) is 3.92. The summed E-state index contributed by atoms with van der Waals surface area (Å²) in [5, 5.41) is 0. The van der Waals surface area contributed by atoms with Gasteiger partial charge in [0.05, 0.1) is 0 Å². The first kappa shape index (κ1) is 11.6. The fourth-order valence-corrected chi connectivity index (χ4v) is 1.58. The van der Waals surface area contributed by atoms with Gasteiger partial charge in [-0.2, -0.15) is 0 Å². The van der Waals surface area contributed by atoms with Crippen LogP contribution in [0.25, 0.3) is 0 Å². The normalized spacial score (nSPS) is 11.3. The predicted molar refractivity (Wildman–Crippen MR) is 60.1 cm³/mol. The molecule has 1 rings (SSSR count). The van der Waals surface area contributed by atoms with Crippen molar-refractivity contribution < 1.29 is 0 Å². The van der Waals surface area contributed by atoms with E-state index < -0.39 is 0 Å². The van der Waals surface area contributed by atoms with E-state index in [0.717, 1.165) is 0 Å². The smallest absolute Gasteiger partial charge is 0.333 e. The van der Waals surface area contributed by atoms with Gasteiger partial charge in [-0.25, -0.2) is 4.79 Å². The van der Waals surface area contributed by atoms with E-state index in [-0.39, 0.29) is 29.2 Å². The van der Waals surface area contributed by atoms with Gasteiger partial charge in [0.15, 0.2) is 0 Å². The van der Waals surface area contributed by atoms with Crippen molar-refractivity contribution >= 4 is 5.82 Å². The molecular formula is C10H17N3O2. The molecular weight excluding hydrogens is 194 g/mol. The van der Waals surface area contributed by atoms with E-state index in [0.29, 0.717) is 0 Å². The van der Waals surface area contributed by atoms with E-state index in [2.05, 4.69) is 0 Å². The third-order valence-electron chi connectivity index (χ3n) is 2.23. The van der Waals surface area contributed by atoms with Crippen LogP contribution in [0.1, 0.15) is 39.8 Å². The quantitative estimate of drug-likeness (QED) is 0.784. The zero-order chi connectivity index (χ0) is 11.7. The first-order valence-corrected chi connectivity index (χ1v) is 4.99. The van der Waals surface area contributed by atoms with Crippen molar-refractivity contribution in [3.63, 3.8) is 0 Å². The van der Waals surface area contributed by atoms with Crippen LogP contribution in [0.3, 0.4) is 0 Å². The first-order valence-electron chi connectivity index (χ1n) is 4.99. The van der Waals surface area contributed by atoms with Gasteiger partial charge in [-0.3, -0.25) is 13.9 Å². The van der Waals surface area contributed by atoms with Crippen LogP contribution < -0.4 is 17.0 Å². The molecule has 0 bridgehead atoms. The third-order valence-corrected chi connectivity index (χ3v) is 2.23. The van der Waals surface area contributed by atoms with Crippen LogP contribution in [0.5, 0.6) is 0 Å². The highest BCUT2D eigenvalue weighted by atomic mass is 16.2. The molecule has 0 aliphatic rings. The molecule has 2 N–H and O–H groups in total. The number of nitrogen functional groups attached to an aromatic ring is 1. The summed E-state index contributed by atoms with van der Waals surface area (Å²) in [7, 11) is 0. The molecule has 1 heterocycles. The summed E-state index contributed by atoms with van der Waals surface area (Å²) in [5.41, 5.74) is 4.96. The van der Waals surface area contributed by atoms with Crippen molar-refractivity contribution in [2.24, 2.45) is 0 Å². The minimum atomic E-state index is -0.343. The van der Waals surface area contributed by atoms with E-state index in [4.69, 9.17) is 5.73 Å². The third kappa shape index (κ3) is 1.95. The average molecular weight is 211 g/mol. The van der Waals surface area contributed by atoms with Gasteiger partial charge in [0.2, 0.25) is 0 Å². The zero-order valence-corrected chi connectivity index (χ0v) is 9.52. The fourth-order valence-electron chi connectivity index (χ4n) is 1.58. The molecule has 0 radical (unpaired) electrons. The van der Waals surface area contributed by atoms with Gasteiger partial charge in [0.25, 0.3) is 5.56 Å². The molecule has 0 aliphatic heterocycles. The van der Waals surface area contributed by atoms with Crippen molar-refractivity contribution in [1.82, 2.24) is 9.13 Å². The molecule has 0 aliphatic carbocycles. The van der Waals surface area contributed by atoms with Gasteiger partial charge in [0.1, 0.15) is 5.82 Å². The van der Waals surface area contributed by atoms with Gasteiger partial charge in [0, 0.05) is 18.2 Å². The molecule has 0 aromatic carbocycles. The summed E-state index contributed by atoms with van der Waals surface area (Å²) in [6, 6.07) is 1.08. The molecule has 84 valence electrons. The molecule has 0 unspecified atom stereocenters. The Morgan fingerprint density at radius 3 is 1.93 bits per heavy atom. The fraction of sp³-hybridized carbons (Fsp3) is 0.600. The van der Waals surface area contributed by atoms with Crippen LogP contribution in [0, 0.1) is 0 Å². The summed E-state index contributed by atoms with van der Waals surface area (Å²) in [5.74, 6) is 0.219. The Morgan fingerprint density at radius 1 is 1.07 bits per heavy atom. The molecule has 0 atom stereocenters. The lowest BCUT2D eigenvalue weighted by Crippen LogP contribution is -2.42. The lowest BCUT2D eigenvalue weighted by molar-refractivity contribution is 0.478. The molecule has 1 aromatic rings. The molecule has 0 fully saturated rings. The van der Waals surface area contributed by atoms with E-state index in [1.807, 2.05) is 13.8 Å². The van der Waals surface area contributed by atoms with E-state index in [1.165, 1.54) is 15.2 Å². The Balaban J connectivity index is 3.65.